The fourth-order valence-electron chi connectivity index (χ4n) is 1.59. The molecule has 1 heterocycles. The van der Waals surface area contributed by atoms with Crippen LogP contribution in [-0.4, -0.2) is 10.2 Å². The van der Waals surface area contributed by atoms with E-state index in [1.165, 1.54) is 0 Å². The molecule has 2 aromatic rings. The number of halogens is 5. The Morgan fingerprint density at radius 2 is 1.89 bits per heavy atom. The third kappa shape index (κ3) is 3.73. The predicted octanol–water partition coefficient (Wildman–Crippen LogP) is 4.71. The Hall–Kier alpha value is -1.01. The van der Waals surface area contributed by atoms with Crippen LogP contribution >= 0.6 is 27.5 Å². The molecule has 0 aliphatic carbocycles. The fourth-order valence-corrected chi connectivity index (χ4v) is 2.17. The van der Waals surface area contributed by atoms with Crippen LogP contribution in [0.3, 0.4) is 0 Å². The van der Waals surface area contributed by atoms with Crippen molar-refractivity contribution in [3.8, 4) is 0 Å². The molecule has 1 aromatic carbocycles. The molecule has 1 aromatic heterocycles. The Kier molecular flexibility index (Phi) is 4.20. The van der Waals surface area contributed by atoms with Crippen molar-refractivity contribution in [2.75, 3.05) is 0 Å². The van der Waals surface area contributed by atoms with E-state index in [1.807, 2.05) is 24.3 Å². The van der Waals surface area contributed by atoms with Gasteiger partial charge in [0.15, 0.2) is 5.69 Å². The summed E-state index contributed by atoms with van der Waals surface area (Å²) in [6.07, 6.45) is -4.18. The number of nitrogens with zero attached hydrogens (tertiary/aromatic N) is 1. The van der Waals surface area contributed by atoms with E-state index in [9.17, 15) is 13.2 Å². The van der Waals surface area contributed by atoms with Gasteiger partial charge in [-0.25, -0.2) is 0 Å². The number of hydrogen-bond acceptors (Lipinski definition) is 1. The van der Waals surface area contributed by atoms with Crippen molar-refractivity contribution in [3.63, 3.8) is 0 Å². The van der Waals surface area contributed by atoms with E-state index in [4.69, 9.17) is 11.6 Å². The van der Waals surface area contributed by atoms with Gasteiger partial charge in [-0.3, -0.25) is 5.10 Å². The first-order valence-corrected chi connectivity index (χ1v) is 6.60. The van der Waals surface area contributed by atoms with Crippen LogP contribution in [0.25, 0.3) is 0 Å². The molecule has 19 heavy (non-hydrogen) atoms. The average Bonchev–Trinajstić information content (AvgIpc) is 2.78. The number of nitrogens with one attached hydrogen (secondary N) is 1. The van der Waals surface area contributed by atoms with Gasteiger partial charge in [-0.15, -0.1) is 11.6 Å². The van der Waals surface area contributed by atoms with Gasteiger partial charge in [-0.2, -0.15) is 18.3 Å². The summed E-state index contributed by atoms with van der Waals surface area (Å²) in [5, 5.41) is 5.19. The van der Waals surface area contributed by atoms with Crippen LogP contribution in [0.15, 0.2) is 34.8 Å². The van der Waals surface area contributed by atoms with Crippen LogP contribution in [0, 0.1) is 0 Å². The van der Waals surface area contributed by atoms with E-state index in [0.29, 0.717) is 5.69 Å². The van der Waals surface area contributed by atoms with Gasteiger partial charge in [0.2, 0.25) is 0 Å². The maximum absolute atomic E-state index is 12.4. The van der Waals surface area contributed by atoms with Crippen molar-refractivity contribution in [1.82, 2.24) is 10.2 Å². The molecule has 7 heteroatoms. The Balaban J connectivity index is 2.08. The van der Waals surface area contributed by atoms with Gasteiger partial charge in [-0.1, -0.05) is 28.1 Å². The van der Waals surface area contributed by atoms with E-state index in [1.54, 1.807) is 0 Å². The van der Waals surface area contributed by atoms with Crippen LogP contribution in [0.4, 0.5) is 13.2 Å². The summed E-state index contributed by atoms with van der Waals surface area (Å²) in [7, 11) is 0. The quantitative estimate of drug-likeness (QED) is 0.795. The van der Waals surface area contributed by atoms with Crippen molar-refractivity contribution in [1.29, 1.82) is 0 Å². The highest BCUT2D eigenvalue weighted by atomic mass is 79.9. The first-order chi connectivity index (χ1) is 8.86. The number of alkyl halides is 4. The fraction of sp³-hybridized carbons (Fsp3) is 0.250. The lowest BCUT2D eigenvalue weighted by Crippen LogP contribution is -2.04. The lowest BCUT2D eigenvalue weighted by Gasteiger charge is -2.08. The van der Waals surface area contributed by atoms with Crippen molar-refractivity contribution in [2.45, 2.75) is 18.0 Å². The molecule has 0 bridgehead atoms. The van der Waals surface area contributed by atoms with Gasteiger partial charge < -0.3 is 0 Å². The molecule has 2 nitrogen and oxygen atoms in total. The van der Waals surface area contributed by atoms with Crippen molar-refractivity contribution < 1.29 is 13.2 Å². The van der Waals surface area contributed by atoms with Crippen molar-refractivity contribution in [2.24, 2.45) is 0 Å². The van der Waals surface area contributed by atoms with Gasteiger partial charge in [0.1, 0.15) is 0 Å². The Bertz CT molecular complexity index is 551. The molecule has 0 spiro atoms. The predicted molar refractivity (Wildman–Crippen MR) is 70.0 cm³/mol. The smallest absolute Gasteiger partial charge is 0.282 e. The number of aromatic amines is 1. The van der Waals surface area contributed by atoms with E-state index in [-0.39, 0.29) is 6.42 Å². The maximum atomic E-state index is 12.4. The highest BCUT2D eigenvalue weighted by Gasteiger charge is 2.33. The lowest BCUT2D eigenvalue weighted by atomic mass is 10.1. The number of aromatic nitrogens is 2. The number of H-pyrrole nitrogens is 1. The Labute approximate surface area is 121 Å². The summed E-state index contributed by atoms with van der Waals surface area (Å²) in [5.74, 6) is 0. The number of hydrogen-bond donors (Lipinski definition) is 1. The molecule has 1 N–H and O–H groups in total. The Morgan fingerprint density at radius 1 is 1.26 bits per heavy atom. The van der Waals surface area contributed by atoms with Crippen LogP contribution in [-0.2, 0) is 12.6 Å². The third-order valence-electron chi connectivity index (χ3n) is 2.55. The zero-order valence-electron chi connectivity index (χ0n) is 9.51. The van der Waals surface area contributed by atoms with Gasteiger partial charge in [-0.05, 0) is 23.8 Å². The zero-order chi connectivity index (χ0) is 14.0. The van der Waals surface area contributed by atoms with Crippen LogP contribution in [0.2, 0.25) is 0 Å². The molecule has 0 saturated carbocycles. The Morgan fingerprint density at radius 3 is 2.42 bits per heavy atom. The van der Waals surface area contributed by atoms with Gasteiger partial charge in [0.25, 0.3) is 0 Å². The minimum absolute atomic E-state index is 0.256. The minimum atomic E-state index is -4.44. The molecule has 0 aliphatic heterocycles. The van der Waals surface area contributed by atoms with E-state index < -0.39 is 17.2 Å². The topological polar surface area (TPSA) is 28.7 Å². The molecule has 0 fully saturated rings. The monoisotopic (exact) mass is 352 g/mol. The van der Waals surface area contributed by atoms with Gasteiger partial charge in [0.05, 0.1) is 5.38 Å². The van der Waals surface area contributed by atoms with E-state index in [2.05, 4.69) is 26.1 Å². The SMILES string of the molecule is FC(F)(F)c1cc(CC(Cl)c2ccc(Br)cc2)[nH]n1. The molecule has 1 unspecified atom stereocenters. The van der Waals surface area contributed by atoms with E-state index >= 15 is 0 Å². The molecule has 0 saturated heterocycles. The van der Waals surface area contributed by atoms with Crippen molar-refractivity contribution >= 4 is 27.5 Å². The third-order valence-corrected chi connectivity index (χ3v) is 3.49. The summed E-state index contributed by atoms with van der Waals surface area (Å²) in [4.78, 5) is 0. The first-order valence-electron chi connectivity index (χ1n) is 5.37. The van der Waals surface area contributed by atoms with E-state index in [0.717, 1.165) is 16.1 Å². The largest absolute Gasteiger partial charge is 0.435 e. The number of benzene rings is 1. The summed E-state index contributed by atoms with van der Waals surface area (Å²) < 4.78 is 38.1. The molecule has 0 amide bonds. The lowest BCUT2D eigenvalue weighted by molar-refractivity contribution is -0.141. The van der Waals surface area contributed by atoms with Crippen LogP contribution < -0.4 is 0 Å². The molecular formula is C12H9BrClF3N2. The molecule has 0 radical (unpaired) electrons. The highest BCUT2D eigenvalue weighted by molar-refractivity contribution is 9.10. The molecule has 0 aliphatic rings. The molecule has 2 rings (SSSR count). The summed E-state index contributed by atoms with van der Waals surface area (Å²) >= 11 is 9.47. The number of rotatable bonds is 3. The van der Waals surface area contributed by atoms with Crippen LogP contribution in [0.1, 0.15) is 22.3 Å². The molecule has 102 valence electrons. The normalized spacial score (nSPS) is 13.5. The average molecular weight is 354 g/mol. The standard InChI is InChI=1S/C12H9BrClF3N2/c13-8-3-1-7(2-4-8)10(14)5-9-6-11(19-18-9)12(15,16)17/h1-4,6,10H,5H2,(H,18,19). The maximum Gasteiger partial charge on any atom is 0.435 e. The second kappa shape index (κ2) is 5.54. The second-order valence-corrected chi connectivity index (χ2v) is 5.44. The second-order valence-electron chi connectivity index (χ2n) is 4.00. The summed E-state index contributed by atoms with van der Waals surface area (Å²) in [6.45, 7) is 0. The van der Waals surface area contributed by atoms with Crippen molar-refractivity contribution in [3.05, 3.63) is 51.8 Å². The minimum Gasteiger partial charge on any atom is -0.282 e. The first kappa shape index (κ1) is 14.4. The highest BCUT2D eigenvalue weighted by Crippen LogP contribution is 2.30. The van der Waals surface area contributed by atoms with Gasteiger partial charge >= 0.3 is 6.18 Å². The summed E-state index contributed by atoms with van der Waals surface area (Å²) in [5.41, 5.74) is 0.269. The van der Waals surface area contributed by atoms with Gasteiger partial charge in [0, 0.05) is 16.6 Å². The molecular weight excluding hydrogens is 344 g/mol. The summed E-state index contributed by atoms with van der Waals surface area (Å²) in [6, 6.07) is 8.29. The molecule has 1 atom stereocenters. The zero-order valence-corrected chi connectivity index (χ0v) is 11.9. The van der Waals surface area contributed by atoms with Crippen LogP contribution in [0.5, 0.6) is 0 Å².